The van der Waals surface area contributed by atoms with Gasteiger partial charge in [-0.05, 0) is 45.1 Å². The monoisotopic (exact) mass is 392 g/mol. The zero-order valence-corrected chi connectivity index (χ0v) is 17.4. The van der Waals surface area contributed by atoms with E-state index in [1.165, 1.54) is 0 Å². The summed E-state index contributed by atoms with van der Waals surface area (Å²) in [7, 11) is 2.08. The number of aryl methyl sites for hydroxylation is 3. The highest BCUT2D eigenvalue weighted by Crippen LogP contribution is 2.35. The SMILES string of the molecule is Cc1ccc(C)c(S(=O)(=O)N2CCO[C@@H](CN(C)C)[C@@H]2c2cnn(C)c2)c1. The summed E-state index contributed by atoms with van der Waals surface area (Å²) < 4.78 is 36.5. The van der Waals surface area contributed by atoms with Crippen molar-refractivity contribution in [2.24, 2.45) is 7.05 Å². The number of likely N-dealkylation sites (N-methyl/N-ethyl adjacent to an activating group) is 1. The van der Waals surface area contributed by atoms with Crippen LogP contribution >= 0.6 is 0 Å². The third kappa shape index (κ3) is 4.08. The molecule has 2 atom stereocenters. The lowest BCUT2D eigenvalue weighted by Crippen LogP contribution is -2.51. The molecule has 0 bridgehead atoms. The standard InChI is InChI=1S/C19H28N4O3S/c1-14-6-7-15(2)18(10-14)27(24,25)23-8-9-26-17(13-21(3)4)19(23)16-11-20-22(5)12-16/h6-7,10-12,17,19H,8-9,13H2,1-5H3/t17-,19-/m0/s1. The van der Waals surface area contributed by atoms with Crippen LogP contribution in [0.5, 0.6) is 0 Å². The van der Waals surface area contributed by atoms with E-state index >= 15 is 0 Å². The average molecular weight is 393 g/mol. The van der Waals surface area contributed by atoms with E-state index in [0.717, 1.165) is 16.7 Å². The molecule has 2 aromatic rings. The van der Waals surface area contributed by atoms with Gasteiger partial charge in [-0.3, -0.25) is 4.68 Å². The van der Waals surface area contributed by atoms with Gasteiger partial charge < -0.3 is 9.64 Å². The van der Waals surface area contributed by atoms with Gasteiger partial charge >= 0.3 is 0 Å². The molecule has 0 N–H and O–H groups in total. The van der Waals surface area contributed by atoms with Crippen molar-refractivity contribution in [1.82, 2.24) is 19.0 Å². The molecule has 7 nitrogen and oxygen atoms in total. The van der Waals surface area contributed by atoms with Crippen LogP contribution in [0.3, 0.4) is 0 Å². The van der Waals surface area contributed by atoms with Gasteiger partial charge in [-0.1, -0.05) is 12.1 Å². The number of aromatic nitrogens is 2. The van der Waals surface area contributed by atoms with Gasteiger partial charge in [-0.25, -0.2) is 8.42 Å². The molecule has 1 saturated heterocycles. The number of nitrogens with zero attached hydrogens (tertiary/aromatic N) is 4. The molecule has 27 heavy (non-hydrogen) atoms. The van der Waals surface area contributed by atoms with Crippen molar-refractivity contribution in [1.29, 1.82) is 0 Å². The third-order valence-electron chi connectivity index (χ3n) is 4.85. The van der Waals surface area contributed by atoms with E-state index in [0.29, 0.717) is 24.6 Å². The second-order valence-electron chi connectivity index (χ2n) is 7.45. The Balaban J connectivity index is 2.08. The molecule has 8 heteroatoms. The quantitative estimate of drug-likeness (QED) is 0.775. The maximum atomic E-state index is 13.6. The van der Waals surface area contributed by atoms with E-state index in [9.17, 15) is 8.42 Å². The minimum absolute atomic E-state index is 0.266. The molecule has 0 spiro atoms. The van der Waals surface area contributed by atoms with Crippen LogP contribution in [-0.4, -0.2) is 67.3 Å². The maximum absolute atomic E-state index is 13.6. The number of rotatable bonds is 5. The van der Waals surface area contributed by atoms with Crippen molar-refractivity contribution < 1.29 is 13.2 Å². The van der Waals surface area contributed by atoms with Crippen LogP contribution in [-0.2, 0) is 21.8 Å². The summed E-state index contributed by atoms with van der Waals surface area (Å²) in [6.07, 6.45) is 3.33. The first-order valence-corrected chi connectivity index (χ1v) is 10.5. The highest BCUT2D eigenvalue weighted by atomic mass is 32.2. The summed E-state index contributed by atoms with van der Waals surface area (Å²) in [5, 5.41) is 4.25. The number of benzene rings is 1. The average Bonchev–Trinajstić information content (AvgIpc) is 3.02. The molecule has 3 rings (SSSR count). The lowest BCUT2D eigenvalue weighted by atomic mass is 10.0. The Bertz CT molecular complexity index is 907. The Morgan fingerprint density at radius 1 is 1.30 bits per heavy atom. The van der Waals surface area contributed by atoms with Gasteiger partial charge in [0.25, 0.3) is 0 Å². The molecule has 0 radical (unpaired) electrons. The predicted octanol–water partition coefficient (Wildman–Crippen LogP) is 1.73. The fourth-order valence-electron chi connectivity index (χ4n) is 3.58. The Morgan fingerprint density at radius 3 is 2.67 bits per heavy atom. The Morgan fingerprint density at radius 2 is 2.04 bits per heavy atom. The first-order valence-electron chi connectivity index (χ1n) is 9.04. The summed E-state index contributed by atoms with van der Waals surface area (Å²) in [5.41, 5.74) is 2.52. The summed E-state index contributed by atoms with van der Waals surface area (Å²) in [4.78, 5) is 2.38. The van der Waals surface area contributed by atoms with Gasteiger partial charge in [-0.2, -0.15) is 9.40 Å². The van der Waals surface area contributed by atoms with Crippen LogP contribution in [0.4, 0.5) is 0 Å². The Labute approximate surface area is 161 Å². The van der Waals surface area contributed by atoms with E-state index in [1.807, 2.05) is 58.2 Å². The van der Waals surface area contributed by atoms with E-state index in [1.54, 1.807) is 21.3 Å². The fraction of sp³-hybridized carbons (Fsp3) is 0.526. The summed E-state index contributed by atoms with van der Waals surface area (Å²) in [6, 6.07) is 5.13. The molecule has 1 aliphatic heterocycles. The van der Waals surface area contributed by atoms with Crippen LogP contribution in [0.25, 0.3) is 0 Å². The van der Waals surface area contributed by atoms with Crippen molar-refractivity contribution in [2.45, 2.75) is 30.9 Å². The zero-order valence-electron chi connectivity index (χ0n) is 16.6. The molecule has 148 valence electrons. The van der Waals surface area contributed by atoms with Crippen LogP contribution < -0.4 is 0 Å². The molecule has 1 aromatic carbocycles. The zero-order chi connectivity index (χ0) is 19.8. The van der Waals surface area contributed by atoms with Gasteiger partial charge in [0.2, 0.25) is 10.0 Å². The van der Waals surface area contributed by atoms with Gasteiger partial charge in [0.05, 0.1) is 29.8 Å². The highest BCUT2D eigenvalue weighted by Gasteiger charge is 2.42. The number of sulfonamides is 1. The van der Waals surface area contributed by atoms with Crippen molar-refractivity contribution in [3.63, 3.8) is 0 Å². The Kier molecular flexibility index (Phi) is 5.71. The van der Waals surface area contributed by atoms with Gasteiger partial charge in [0, 0.05) is 31.9 Å². The predicted molar refractivity (Wildman–Crippen MR) is 104 cm³/mol. The molecular formula is C19H28N4O3S. The van der Waals surface area contributed by atoms with Crippen LogP contribution in [0.2, 0.25) is 0 Å². The van der Waals surface area contributed by atoms with E-state index < -0.39 is 16.1 Å². The molecular weight excluding hydrogens is 364 g/mol. The van der Waals surface area contributed by atoms with Crippen LogP contribution in [0, 0.1) is 13.8 Å². The molecule has 2 heterocycles. The molecule has 0 aliphatic carbocycles. The largest absolute Gasteiger partial charge is 0.373 e. The van der Waals surface area contributed by atoms with Crippen molar-refractivity contribution in [3.8, 4) is 0 Å². The van der Waals surface area contributed by atoms with Crippen molar-refractivity contribution in [2.75, 3.05) is 33.8 Å². The van der Waals surface area contributed by atoms with Crippen LogP contribution in [0.1, 0.15) is 22.7 Å². The van der Waals surface area contributed by atoms with E-state index in [4.69, 9.17) is 4.74 Å². The normalized spacial score (nSPS) is 21.7. The van der Waals surface area contributed by atoms with Gasteiger partial charge in [0.1, 0.15) is 0 Å². The second kappa shape index (κ2) is 7.71. The minimum Gasteiger partial charge on any atom is -0.373 e. The second-order valence-corrected chi connectivity index (χ2v) is 9.31. The topological polar surface area (TPSA) is 67.7 Å². The fourth-order valence-corrected chi connectivity index (χ4v) is 5.51. The van der Waals surface area contributed by atoms with Crippen molar-refractivity contribution >= 4 is 10.0 Å². The number of hydrogen-bond acceptors (Lipinski definition) is 5. The lowest BCUT2D eigenvalue weighted by Gasteiger charge is -2.41. The third-order valence-corrected chi connectivity index (χ3v) is 6.87. The van der Waals surface area contributed by atoms with Crippen molar-refractivity contribution in [3.05, 3.63) is 47.3 Å². The first-order chi connectivity index (χ1) is 12.7. The van der Waals surface area contributed by atoms with Gasteiger partial charge in [-0.15, -0.1) is 0 Å². The highest BCUT2D eigenvalue weighted by molar-refractivity contribution is 7.89. The Hall–Kier alpha value is -1.74. The molecule has 1 aromatic heterocycles. The smallest absolute Gasteiger partial charge is 0.244 e. The van der Waals surface area contributed by atoms with Gasteiger partial charge in [0.15, 0.2) is 0 Å². The molecule has 0 amide bonds. The summed E-state index contributed by atoms with van der Waals surface area (Å²) in [6.45, 7) is 5.06. The lowest BCUT2D eigenvalue weighted by molar-refractivity contribution is -0.0514. The van der Waals surface area contributed by atoms with E-state index in [2.05, 4.69) is 5.10 Å². The number of morpholine rings is 1. The first kappa shape index (κ1) is 20.0. The number of ether oxygens (including phenoxy) is 1. The summed E-state index contributed by atoms with van der Waals surface area (Å²) in [5.74, 6) is 0. The molecule has 0 unspecified atom stereocenters. The summed E-state index contributed by atoms with van der Waals surface area (Å²) >= 11 is 0. The van der Waals surface area contributed by atoms with Crippen LogP contribution in [0.15, 0.2) is 35.5 Å². The minimum atomic E-state index is -3.67. The maximum Gasteiger partial charge on any atom is 0.244 e. The molecule has 0 saturated carbocycles. The van der Waals surface area contributed by atoms with E-state index in [-0.39, 0.29) is 6.10 Å². The molecule has 1 aliphatic rings. The molecule has 1 fully saturated rings. The number of hydrogen-bond donors (Lipinski definition) is 0.